The standard InChI is InChI=1S/C21H21N5.C2HF3O2/c1-2-5-17(6-3-1)26-21-8-4-7-19(21)20(24-26)15-22-14-16-10-12-25-18(13-16)9-11-23-25;3-2(4,5)1(6)7/h1-3,5-6,9-13,22H,4,7-8,14-15H2;(H,6,7). The summed E-state index contributed by atoms with van der Waals surface area (Å²) in [7, 11) is 0. The van der Waals surface area contributed by atoms with E-state index in [2.05, 4.69) is 51.5 Å². The van der Waals surface area contributed by atoms with Crippen LogP contribution < -0.4 is 5.32 Å². The van der Waals surface area contributed by atoms with Gasteiger partial charge in [-0.1, -0.05) is 18.2 Å². The molecule has 3 heterocycles. The second-order valence-electron chi connectivity index (χ2n) is 7.61. The third-order valence-electron chi connectivity index (χ3n) is 5.34. The average molecular weight is 457 g/mol. The number of fused-ring (bicyclic) bond motifs is 2. The summed E-state index contributed by atoms with van der Waals surface area (Å²) in [6.07, 6.45) is 2.24. The van der Waals surface area contributed by atoms with E-state index < -0.39 is 12.1 Å². The van der Waals surface area contributed by atoms with Crippen molar-refractivity contribution in [2.24, 2.45) is 0 Å². The molecule has 7 nitrogen and oxygen atoms in total. The quantitative estimate of drug-likeness (QED) is 0.475. The maximum atomic E-state index is 10.6. The number of carboxylic acid groups (broad SMARTS) is 1. The lowest BCUT2D eigenvalue weighted by Crippen LogP contribution is -2.21. The largest absolute Gasteiger partial charge is 0.490 e. The highest BCUT2D eigenvalue weighted by Gasteiger charge is 2.38. The molecule has 10 heteroatoms. The molecule has 0 amide bonds. The van der Waals surface area contributed by atoms with Crippen LogP contribution in [0.5, 0.6) is 0 Å². The molecule has 1 aromatic carbocycles. The minimum absolute atomic E-state index is 0.798. The number of rotatable bonds is 5. The second kappa shape index (κ2) is 9.45. The first-order chi connectivity index (χ1) is 15.8. The Hall–Kier alpha value is -3.66. The van der Waals surface area contributed by atoms with Crippen molar-refractivity contribution in [1.82, 2.24) is 24.7 Å². The van der Waals surface area contributed by atoms with Crippen LogP contribution in [0, 0.1) is 0 Å². The highest BCUT2D eigenvalue weighted by Crippen LogP contribution is 2.27. The topological polar surface area (TPSA) is 84.4 Å². The molecule has 172 valence electrons. The normalized spacial score (nSPS) is 12.9. The van der Waals surface area contributed by atoms with E-state index in [1.165, 1.54) is 28.9 Å². The maximum absolute atomic E-state index is 10.6. The molecular formula is C23H22F3N5O2. The second-order valence-corrected chi connectivity index (χ2v) is 7.61. The molecule has 0 aliphatic heterocycles. The van der Waals surface area contributed by atoms with E-state index in [0.717, 1.165) is 37.1 Å². The average Bonchev–Trinajstić information content (AvgIpc) is 3.51. The van der Waals surface area contributed by atoms with Gasteiger partial charge in [0.25, 0.3) is 0 Å². The van der Waals surface area contributed by atoms with Crippen molar-refractivity contribution in [2.75, 3.05) is 0 Å². The zero-order valence-corrected chi connectivity index (χ0v) is 17.6. The van der Waals surface area contributed by atoms with Crippen LogP contribution in [0.1, 0.15) is 28.9 Å². The van der Waals surface area contributed by atoms with Gasteiger partial charge in [-0.15, -0.1) is 0 Å². The minimum atomic E-state index is -5.08. The van der Waals surface area contributed by atoms with Crippen LogP contribution in [0.2, 0.25) is 0 Å². The third-order valence-corrected chi connectivity index (χ3v) is 5.34. The van der Waals surface area contributed by atoms with Crippen LogP contribution in [0.25, 0.3) is 11.2 Å². The third kappa shape index (κ3) is 5.23. The first-order valence-electron chi connectivity index (χ1n) is 10.4. The van der Waals surface area contributed by atoms with Crippen molar-refractivity contribution in [1.29, 1.82) is 0 Å². The fourth-order valence-corrected chi connectivity index (χ4v) is 3.84. The molecular weight excluding hydrogens is 435 g/mol. The van der Waals surface area contributed by atoms with Crippen molar-refractivity contribution in [3.05, 3.63) is 83.4 Å². The van der Waals surface area contributed by atoms with E-state index in [1.807, 2.05) is 29.0 Å². The summed E-state index contributed by atoms with van der Waals surface area (Å²) in [5.74, 6) is -2.76. The highest BCUT2D eigenvalue weighted by molar-refractivity contribution is 5.73. The Labute approximate surface area is 187 Å². The van der Waals surface area contributed by atoms with E-state index in [-0.39, 0.29) is 0 Å². The van der Waals surface area contributed by atoms with Crippen LogP contribution in [-0.4, -0.2) is 36.6 Å². The smallest absolute Gasteiger partial charge is 0.475 e. The molecule has 4 aromatic rings. The predicted molar refractivity (Wildman–Crippen MR) is 115 cm³/mol. The molecule has 0 atom stereocenters. The van der Waals surface area contributed by atoms with Gasteiger partial charge in [0.05, 0.1) is 16.9 Å². The molecule has 0 bridgehead atoms. The number of carbonyl (C=O) groups is 1. The minimum Gasteiger partial charge on any atom is -0.475 e. The number of benzene rings is 1. The lowest BCUT2D eigenvalue weighted by Gasteiger charge is -2.06. The Balaban J connectivity index is 0.000000325. The summed E-state index contributed by atoms with van der Waals surface area (Å²) in [5, 5.41) is 19.8. The van der Waals surface area contributed by atoms with E-state index in [4.69, 9.17) is 15.0 Å². The highest BCUT2D eigenvalue weighted by atomic mass is 19.4. The van der Waals surface area contributed by atoms with E-state index in [0.29, 0.717) is 0 Å². The number of carboxylic acids is 1. The predicted octanol–water partition coefficient (Wildman–Crippen LogP) is 3.93. The fraction of sp³-hybridized carbons (Fsp3) is 0.261. The summed E-state index contributed by atoms with van der Waals surface area (Å²) >= 11 is 0. The Morgan fingerprint density at radius 2 is 1.85 bits per heavy atom. The number of halogens is 3. The number of alkyl halides is 3. The molecule has 33 heavy (non-hydrogen) atoms. The lowest BCUT2D eigenvalue weighted by atomic mass is 10.2. The SMILES string of the molecule is O=C(O)C(F)(F)F.c1ccc(-n2nc(CNCc3ccn4nccc4c3)c3c2CCC3)cc1. The van der Waals surface area contributed by atoms with Gasteiger partial charge in [0.15, 0.2) is 0 Å². The van der Waals surface area contributed by atoms with Crippen molar-refractivity contribution < 1.29 is 23.1 Å². The molecule has 3 aromatic heterocycles. The first-order valence-corrected chi connectivity index (χ1v) is 10.4. The molecule has 1 aliphatic carbocycles. The molecule has 0 saturated carbocycles. The summed E-state index contributed by atoms with van der Waals surface area (Å²) in [6.45, 7) is 1.63. The van der Waals surface area contributed by atoms with Crippen molar-refractivity contribution >= 4 is 11.5 Å². The summed E-state index contributed by atoms with van der Waals surface area (Å²) in [6, 6.07) is 16.8. The number of nitrogens with one attached hydrogen (secondary N) is 1. The van der Waals surface area contributed by atoms with E-state index in [9.17, 15) is 13.2 Å². The van der Waals surface area contributed by atoms with Crippen LogP contribution in [0.4, 0.5) is 13.2 Å². The van der Waals surface area contributed by atoms with Gasteiger partial charge < -0.3 is 10.4 Å². The molecule has 0 fully saturated rings. The maximum Gasteiger partial charge on any atom is 0.490 e. The molecule has 5 rings (SSSR count). The Morgan fingerprint density at radius 1 is 1.09 bits per heavy atom. The monoisotopic (exact) mass is 457 g/mol. The number of nitrogens with zero attached hydrogens (tertiary/aromatic N) is 4. The molecule has 0 unspecified atom stereocenters. The molecule has 0 spiro atoms. The van der Waals surface area contributed by atoms with Gasteiger partial charge in [-0.05, 0) is 60.7 Å². The number of aromatic nitrogens is 4. The molecule has 0 radical (unpaired) electrons. The number of aliphatic carboxylic acids is 1. The van der Waals surface area contributed by atoms with Gasteiger partial charge in [0, 0.05) is 31.2 Å². The van der Waals surface area contributed by atoms with Gasteiger partial charge in [-0.2, -0.15) is 23.4 Å². The number of hydrogen-bond donors (Lipinski definition) is 2. The van der Waals surface area contributed by atoms with Crippen molar-refractivity contribution in [2.45, 2.75) is 38.5 Å². The van der Waals surface area contributed by atoms with Crippen LogP contribution in [0.15, 0.2) is 60.9 Å². The van der Waals surface area contributed by atoms with Crippen LogP contribution in [-0.2, 0) is 30.7 Å². The van der Waals surface area contributed by atoms with Crippen LogP contribution in [0.3, 0.4) is 0 Å². The van der Waals surface area contributed by atoms with E-state index >= 15 is 0 Å². The number of pyridine rings is 1. The molecule has 2 N–H and O–H groups in total. The summed E-state index contributed by atoms with van der Waals surface area (Å²) in [5.41, 5.74) is 7.55. The Morgan fingerprint density at radius 3 is 2.58 bits per heavy atom. The summed E-state index contributed by atoms with van der Waals surface area (Å²) in [4.78, 5) is 8.90. The summed E-state index contributed by atoms with van der Waals surface area (Å²) < 4.78 is 35.8. The fourth-order valence-electron chi connectivity index (χ4n) is 3.84. The number of para-hydroxylation sites is 1. The van der Waals surface area contributed by atoms with Gasteiger partial charge in [0.2, 0.25) is 0 Å². The Bertz CT molecular complexity index is 1250. The zero-order chi connectivity index (χ0) is 23.4. The van der Waals surface area contributed by atoms with Gasteiger partial charge >= 0.3 is 12.1 Å². The lowest BCUT2D eigenvalue weighted by molar-refractivity contribution is -0.192. The van der Waals surface area contributed by atoms with E-state index in [1.54, 1.807) is 0 Å². The van der Waals surface area contributed by atoms with Crippen molar-refractivity contribution in [3.63, 3.8) is 0 Å². The first kappa shape index (κ1) is 22.5. The molecule has 1 aliphatic rings. The van der Waals surface area contributed by atoms with Gasteiger partial charge in [0.1, 0.15) is 0 Å². The van der Waals surface area contributed by atoms with Crippen molar-refractivity contribution in [3.8, 4) is 5.69 Å². The Kier molecular flexibility index (Phi) is 6.45. The van der Waals surface area contributed by atoms with Gasteiger partial charge in [-0.3, -0.25) is 0 Å². The molecule has 0 saturated heterocycles. The zero-order valence-electron chi connectivity index (χ0n) is 17.6. The number of hydrogen-bond acceptors (Lipinski definition) is 4. The van der Waals surface area contributed by atoms with Crippen LogP contribution >= 0.6 is 0 Å². The van der Waals surface area contributed by atoms with Gasteiger partial charge in [-0.25, -0.2) is 14.0 Å².